The van der Waals surface area contributed by atoms with Crippen molar-refractivity contribution in [3.8, 4) is 0 Å². The molecule has 0 unspecified atom stereocenters. The van der Waals surface area contributed by atoms with Crippen molar-refractivity contribution in [1.82, 2.24) is 0 Å². The van der Waals surface area contributed by atoms with Crippen LogP contribution < -0.4 is 0 Å². The second-order valence-electron chi connectivity index (χ2n) is 1.54. The van der Waals surface area contributed by atoms with Crippen LogP contribution in [0, 0.1) is 0 Å². The Bertz CT molecular complexity index is 237. The molecule has 0 radical (unpaired) electrons. The zero-order chi connectivity index (χ0) is 8.10. The zero-order valence-electron chi connectivity index (χ0n) is 5.35. The Hall–Kier alpha value is -1.78. The zero-order valence-corrected chi connectivity index (χ0v) is 5.35. The fourth-order valence-electron chi connectivity index (χ4n) is 0.499. The van der Waals surface area contributed by atoms with E-state index in [0.717, 1.165) is 0 Å². The van der Waals surface area contributed by atoms with E-state index in [1.807, 2.05) is 0 Å². The van der Waals surface area contributed by atoms with Crippen molar-refractivity contribution >= 4 is 12.4 Å². The first kappa shape index (κ1) is 7.33. The van der Waals surface area contributed by atoms with Crippen LogP contribution in [-0.2, 0) is 14.6 Å². The lowest BCUT2D eigenvalue weighted by molar-refractivity contribution is -0.219. The van der Waals surface area contributed by atoms with Crippen molar-refractivity contribution in [2.45, 2.75) is 0 Å². The molecule has 5 heteroatoms. The molecular weight excluding hydrogens is 152 g/mol. The average Bonchev–Trinajstić information content (AvgIpc) is 2.52. The summed E-state index contributed by atoms with van der Waals surface area (Å²) in [6.07, 6.45) is 1.30. The highest BCUT2D eigenvalue weighted by Crippen LogP contribution is 2.01. The lowest BCUT2D eigenvalue weighted by Crippen LogP contribution is -2.03. The normalized spacial score (nSPS) is 8.73. The van der Waals surface area contributed by atoms with Crippen molar-refractivity contribution in [2.24, 2.45) is 0 Å². The van der Waals surface area contributed by atoms with Crippen LogP contribution in [0.2, 0.25) is 0 Å². The topological polar surface area (TPSA) is 65.7 Å². The fourth-order valence-corrected chi connectivity index (χ4v) is 0.499. The summed E-state index contributed by atoms with van der Waals surface area (Å²) in [5.74, 6) is -0.867. The maximum atomic E-state index is 10.7. The monoisotopic (exact) mass is 156 g/mol. The minimum Gasteiger partial charge on any atom is -0.457 e. The Labute approximate surface area is 61.4 Å². The number of hydrogen-bond acceptors (Lipinski definition) is 5. The first-order chi connectivity index (χ1) is 5.34. The van der Waals surface area contributed by atoms with Gasteiger partial charge in [-0.3, -0.25) is 9.68 Å². The van der Waals surface area contributed by atoms with Gasteiger partial charge in [0.2, 0.25) is 5.76 Å². The Kier molecular flexibility index (Phi) is 2.27. The molecule has 1 aromatic rings. The van der Waals surface area contributed by atoms with Crippen LogP contribution in [0.5, 0.6) is 0 Å². The van der Waals surface area contributed by atoms with Crippen LogP contribution in [0.4, 0.5) is 0 Å². The maximum absolute atomic E-state index is 10.7. The number of furan rings is 1. The summed E-state index contributed by atoms with van der Waals surface area (Å²) >= 11 is 0. The van der Waals surface area contributed by atoms with Gasteiger partial charge in [0, 0.05) is 0 Å². The lowest BCUT2D eigenvalue weighted by Gasteiger charge is -1.92. The molecule has 0 fully saturated rings. The van der Waals surface area contributed by atoms with Crippen LogP contribution in [0.15, 0.2) is 22.8 Å². The standard InChI is InChI=1S/C6H4O5/c7-4-10-11-6(8)5-2-1-3-9-5/h1-4H. The Balaban J connectivity index is 2.49. The summed E-state index contributed by atoms with van der Waals surface area (Å²) in [6.45, 7) is 0.000833. The molecule has 0 saturated heterocycles. The molecule has 5 nitrogen and oxygen atoms in total. The largest absolute Gasteiger partial charge is 0.457 e. The van der Waals surface area contributed by atoms with Gasteiger partial charge in [0.1, 0.15) is 0 Å². The van der Waals surface area contributed by atoms with E-state index in [0.29, 0.717) is 0 Å². The van der Waals surface area contributed by atoms with Crippen LogP contribution in [0.3, 0.4) is 0 Å². The molecule has 0 saturated carbocycles. The van der Waals surface area contributed by atoms with E-state index in [9.17, 15) is 9.59 Å². The minimum absolute atomic E-state index is 0.000833. The third-order valence-corrected chi connectivity index (χ3v) is 0.885. The third-order valence-electron chi connectivity index (χ3n) is 0.885. The van der Waals surface area contributed by atoms with E-state index >= 15 is 0 Å². The minimum atomic E-state index is -0.845. The van der Waals surface area contributed by atoms with Crippen LogP contribution in [0.25, 0.3) is 0 Å². The third kappa shape index (κ3) is 1.82. The molecular formula is C6H4O5. The average molecular weight is 156 g/mol. The second kappa shape index (κ2) is 3.40. The maximum Gasteiger partial charge on any atom is 0.421 e. The summed E-state index contributed by atoms with van der Waals surface area (Å²) in [4.78, 5) is 27.9. The van der Waals surface area contributed by atoms with Gasteiger partial charge in [0.15, 0.2) is 0 Å². The van der Waals surface area contributed by atoms with Gasteiger partial charge >= 0.3 is 12.4 Å². The highest BCUT2D eigenvalue weighted by Gasteiger charge is 2.10. The summed E-state index contributed by atoms with van der Waals surface area (Å²) in [5.41, 5.74) is 0. The number of carbonyl (C=O) groups excluding carboxylic acids is 2. The van der Waals surface area contributed by atoms with Crippen molar-refractivity contribution in [3.05, 3.63) is 24.2 Å². The smallest absolute Gasteiger partial charge is 0.421 e. The number of hydrogen-bond donors (Lipinski definition) is 0. The van der Waals surface area contributed by atoms with Gasteiger partial charge in [-0.15, -0.1) is 0 Å². The SMILES string of the molecule is O=COOC(=O)c1ccco1. The summed E-state index contributed by atoms with van der Waals surface area (Å²) in [7, 11) is 0. The Morgan fingerprint density at radius 1 is 1.64 bits per heavy atom. The molecule has 0 aliphatic rings. The van der Waals surface area contributed by atoms with Crippen LogP contribution >= 0.6 is 0 Å². The predicted octanol–water partition coefficient (Wildman–Crippen LogP) is 0.524. The molecule has 0 aliphatic carbocycles. The highest BCUT2D eigenvalue weighted by molar-refractivity contribution is 5.85. The molecule has 0 atom stereocenters. The molecule has 0 bridgehead atoms. The molecule has 58 valence electrons. The molecule has 0 aromatic carbocycles. The van der Waals surface area contributed by atoms with Crippen molar-refractivity contribution in [1.29, 1.82) is 0 Å². The van der Waals surface area contributed by atoms with Gasteiger partial charge in [-0.1, -0.05) is 0 Å². The van der Waals surface area contributed by atoms with Crippen LogP contribution in [-0.4, -0.2) is 12.4 Å². The van der Waals surface area contributed by atoms with E-state index in [2.05, 4.69) is 14.2 Å². The van der Waals surface area contributed by atoms with Crippen molar-refractivity contribution in [2.75, 3.05) is 0 Å². The predicted molar refractivity (Wildman–Crippen MR) is 31.3 cm³/mol. The van der Waals surface area contributed by atoms with E-state index in [1.54, 1.807) is 0 Å². The van der Waals surface area contributed by atoms with Gasteiger partial charge in [-0.05, 0) is 12.1 Å². The molecule has 0 amide bonds. The van der Waals surface area contributed by atoms with Crippen molar-refractivity contribution < 1.29 is 23.8 Å². The van der Waals surface area contributed by atoms with Gasteiger partial charge in [-0.2, -0.15) is 0 Å². The van der Waals surface area contributed by atoms with Gasteiger partial charge < -0.3 is 4.42 Å². The molecule has 1 aromatic heterocycles. The summed E-state index contributed by atoms with van der Waals surface area (Å²) < 4.78 is 4.62. The highest BCUT2D eigenvalue weighted by atomic mass is 17.2. The van der Waals surface area contributed by atoms with Gasteiger partial charge in [0.05, 0.1) is 6.26 Å². The quantitative estimate of drug-likeness (QED) is 0.362. The van der Waals surface area contributed by atoms with Gasteiger partial charge in [-0.25, -0.2) is 9.68 Å². The Morgan fingerprint density at radius 3 is 3.00 bits per heavy atom. The number of carbonyl (C=O) groups is 2. The summed E-state index contributed by atoms with van der Waals surface area (Å²) in [5, 5.41) is 0. The summed E-state index contributed by atoms with van der Waals surface area (Å²) in [6, 6.07) is 2.90. The van der Waals surface area contributed by atoms with Gasteiger partial charge in [0.25, 0.3) is 0 Å². The molecule has 1 heterocycles. The van der Waals surface area contributed by atoms with Crippen molar-refractivity contribution in [3.63, 3.8) is 0 Å². The first-order valence-corrected chi connectivity index (χ1v) is 2.69. The molecule has 0 spiro atoms. The fraction of sp³-hybridized carbons (Fsp3) is 0. The molecule has 1 rings (SSSR count). The molecule has 0 aliphatic heterocycles. The molecule has 0 N–H and O–H groups in total. The Morgan fingerprint density at radius 2 is 2.45 bits per heavy atom. The van der Waals surface area contributed by atoms with Crippen LogP contribution in [0.1, 0.15) is 10.6 Å². The molecule has 11 heavy (non-hydrogen) atoms. The van der Waals surface area contributed by atoms with E-state index in [4.69, 9.17) is 0 Å². The second-order valence-corrected chi connectivity index (χ2v) is 1.54. The van der Waals surface area contributed by atoms with E-state index in [1.165, 1.54) is 18.4 Å². The lowest BCUT2D eigenvalue weighted by atomic mass is 10.5. The first-order valence-electron chi connectivity index (χ1n) is 2.69. The van der Waals surface area contributed by atoms with E-state index in [-0.39, 0.29) is 12.2 Å². The number of rotatable bonds is 3. The van der Waals surface area contributed by atoms with E-state index < -0.39 is 5.97 Å².